The van der Waals surface area contributed by atoms with E-state index in [-0.39, 0.29) is 69.8 Å². The summed E-state index contributed by atoms with van der Waals surface area (Å²) in [6, 6.07) is 24.1. The van der Waals surface area contributed by atoms with E-state index in [2.05, 4.69) is 51.9 Å². The van der Waals surface area contributed by atoms with Crippen molar-refractivity contribution >= 4 is 96.9 Å². The Morgan fingerprint density at radius 2 is 1.57 bits per heavy atom. The number of carbonyl (C=O) groups is 6. The molecule has 0 aliphatic carbocycles. The van der Waals surface area contributed by atoms with Crippen molar-refractivity contribution in [1.29, 1.82) is 0 Å². The van der Waals surface area contributed by atoms with E-state index in [9.17, 15) is 47.1 Å². The number of nitrogens with zero attached hydrogens (tertiary/aromatic N) is 3. The Balaban J connectivity index is 0.840. The third-order valence-electron chi connectivity index (χ3n) is 14.0. The third-order valence-corrected chi connectivity index (χ3v) is 15.6. The number of hydrogen-bond acceptors (Lipinski definition) is 14. The number of anilines is 4. The molecule has 10 N–H and O–H groups in total. The highest BCUT2D eigenvalue weighted by Gasteiger charge is 2.51. The number of pyridine rings is 2. The van der Waals surface area contributed by atoms with Crippen molar-refractivity contribution in [3.8, 4) is 11.4 Å². The zero-order valence-electron chi connectivity index (χ0n) is 45.9. The first kappa shape index (κ1) is 58.9. The molecule has 84 heavy (non-hydrogen) atoms. The molecule has 4 aromatic carbocycles. The van der Waals surface area contributed by atoms with Crippen molar-refractivity contribution in [1.82, 2.24) is 40.8 Å². The van der Waals surface area contributed by atoms with Gasteiger partial charge < -0.3 is 61.3 Å². The van der Waals surface area contributed by atoms with Crippen LogP contribution in [0.5, 0.6) is 0 Å². The Kier molecular flexibility index (Phi) is 17.7. The summed E-state index contributed by atoms with van der Waals surface area (Å²) in [5, 5.41) is 30.0. The van der Waals surface area contributed by atoms with Crippen LogP contribution in [-0.4, -0.2) is 92.7 Å². The molecule has 3 aromatic heterocycles. The molecule has 0 saturated heterocycles. The van der Waals surface area contributed by atoms with E-state index >= 15 is 0 Å². The van der Waals surface area contributed by atoms with Gasteiger partial charge in [-0.1, -0.05) is 64.1 Å². The van der Waals surface area contributed by atoms with Crippen LogP contribution in [0, 0.1) is 5.92 Å². The molecule has 9 rings (SSSR count). The fourth-order valence-corrected chi connectivity index (χ4v) is 11.1. The molecule has 0 radical (unpaired) electrons. The van der Waals surface area contributed by atoms with Crippen LogP contribution in [0.15, 0.2) is 131 Å². The van der Waals surface area contributed by atoms with E-state index < -0.39 is 87.5 Å². The Morgan fingerprint density at radius 3 is 2.29 bits per heavy atom. The minimum Gasteiger partial charge on any atom is -0.481 e. The van der Waals surface area contributed by atoms with Crippen molar-refractivity contribution in [2.24, 2.45) is 5.92 Å². The number of cyclic esters (lactones) is 1. The number of urea groups is 2. The standard InChI is InChI=1S/C58H60N12O12S2/c1-5-21-60-55(77)63-38-13-10-15-41(24-38)84(79,80)69-39-14-9-12-34(23-39)45(27-48(71)72)66-56(78)62-36-17-19-37(20-18-36)64-57(83)67-46(25-40-28-59-31-61-40)51(73)68-49(32(3)4)53(75)82-58(6-2)43-26-47-50-35(22-33-11-7-8-16-44(33)65-50)29-70(47)52(74)42(43)30-81-54(58)76/h7-20,22-24,26,28,31-32,45-46,49,69H,5-6,21,25,27,29-30H2,1-4H3,(H,59,61)(H,68,73)(H,71,72)(H2,60,63,77)(H2,62,66,78)(H2,64,67,83)/t45?,46-,49-,58-/m0/s1. The van der Waals surface area contributed by atoms with Crippen LogP contribution in [0.3, 0.4) is 0 Å². The molecule has 24 nitrogen and oxygen atoms in total. The lowest BCUT2D eigenvalue weighted by Crippen LogP contribution is -2.56. The van der Waals surface area contributed by atoms with Crippen molar-refractivity contribution in [2.75, 3.05) is 27.2 Å². The van der Waals surface area contributed by atoms with E-state index in [1.54, 1.807) is 49.7 Å². The average Bonchev–Trinajstić information content (AvgIpc) is 1.48. The lowest BCUT2D eigenvalue weighted by molar-refractivity contribution is -0.191. The number of sulfonamides is 1. The molecule has 5 heterocycles. The Hall–Kier alpha value is -9.69. The van der Waals surface area contributed by atoms with Gasteiger partial charge in [-0.25, -0.2) is 37.6 Å². The number of amides is 5. The molecular weight excluding hydrogens is 1120 g/mol. The zero-order valence-corrected chi connectivity index (χ0v) is 47.5. The first-order valence-electron chi connectivity index (χ1n) is 26.8. The lowest BCUT2D eigenvalue weighted by atomic mass is 9.85. The number of thiocarbonyl (C=S) groups is 1. The second kappa shape index (κ2) is 25.2. The topological polar surface area (TPSA) is 335 Å². The molecule has 0 spiro atoms. The molecule has 0 fully saturated rings. The normalized spacial score (nSPS) is 15.2. The van der Waals surface area contributed by atoms with Gasteiger partial charge in [-0.3, -0.25) is 19.1 Å². The first-order valence-corrected chi connectivity index (χ1v) is 28.7. The molecule has 5 amide bonds. The Morgan fingerprint density at radius 1 is 0.845 bits per heavy atom. The van der Waals surface area contributed by atoms with Gasteiger partial charge in [-0.2, -0.15) is 0 Å². The van der Waals surface area contributed by atoms with Crippen LogP contribution in [0.25, 0.3) is 22.3 Å². The number of para-hydroxylation sites is 1. The maximum absolute atomic E-state index is 14.5. The maximum atomic E-state index is 14.5. The van der Waals surface area contributed by atoms with Crippen molar-refractivity contribution in [3.63, 3.8) is 0 Å². The largest absolute Gasteiger partial charge is 0.481 e. The van der Waals surface area contributed by atoms with Gasteiger partial charge in [0.1, 0.15) is 18.7 Å². The van der Waals surface area contributed by atoms with E-state index in [4.69, 9.17) is 26.7 Å². The summed E-state index contributed by atoms with van der Waals surface area (Å²) >= 11 is 5.66. The number of imidazole rings is 1. The quantitative estimate of drug-likeness (QED) is 0.0262. The molecule has 7 aromatic rings. The van der Waals surface area contributed by atoms with E-state index in [1.165, 1.54) is 67.0 Å². The number of hydrogen-bond donors (Lipinski definition) is 10. The molecule has 0 bridgehead atoms. The number of benzene rings is 4. The molecule has 436 valence electrons. The van der Waals surface area contributed by atoms with Gasteiger partial charge in [-0.05, 0) is 109 Å². The summed E-state index contributed by atoms with van der Waals surface area (Å²) in [5.74, 6) is -4.32. The number of aromatic nitrogens is 4. The maximum Gasteiger partial charge on any atom is 0.355 e. The first-order chi connectivity index (χ1) is 40.2. The minimum absolute atomic E-state index is 0.00973. The van der Waals surface area contributed by atoms with Crippen LogP contribution in [-0.2, 0) is 63.8 Å². The van der Waals surface area contributed by atoms with Crippen molar-refractivity contribution in [3.05, 3.63) is 160 Å². The van der Waals surface area contributed by atoms with Gasteiger partial charge in [0.2, 0.25) is 11.5 Å². The minimum atomic E-state index is -4.20. The van der Waals surface area contributed by atoms with Gasteiger partial charge in [0.05, 0.1) is 58.4 Å². The molecule has 2 aliphatic rings. The Labute approximate surface area is 487 Å². The fourth-order valence-electron chi connectivity index (χ4n) is 9.79. The number of carboxylic acids is 1. The van der Waals surface area contributed by atoms with Crippen molar-refractivity contribution < 1.29 is 51.8 Å². The summed E-state index contributed by atoms with van der Waals surface area (Å²) in [4.78, 5) is 106. The number of ether oxygens (including phenoxy) is 2. The monoisotopic (exact) mass is 1180 g/mol. The number of esters is 2. The number of carboxylic acid groups (broad SMARTS) is 1. The zero-order chi connectivity index (χ0) is 59.9. The SMILES string of the molecule is CCCNC(=O)Nc1cccc(S(=O)(=O)Nc2cccc(C(CC(=O)O)NC(=O)Nc3ccc(NC(=S)N[C@@H](Cc4c[nH]cn4)C(=O)N[C@H](C(=O)O[C@]4(CC)C(=O)OCc5c4cc4n(c5=O)Cc5cc6ccccc6nc5-4)C(C)C)cc3)c2)c1. The predicted octanol–water partition coefficient (Wildman–Crippen LogP) is 6.76. The Bertz CT molecular complexity index is 3880. The molecular formula is C58H60N12O12S2. The van der Waals surface area contributed by atoms with Crippen molar-refractivity contribution in [2.45, 2.75) is 95.2 Å². The average molecular weight is 1180 g/mol. The van der Waals surface area contributed by atoms with Gasteiger partial charge in [0, 0.05) is 58.4 Å². The van der Waals surface area contributed by atoms with E-state index in [0.29, 0.717) is 35.7 Å². The fraction of sp³-hybridized carbons (Fsp3) is 0.276. The molecule has 26 heteroatoms. The number of aromatic amines is 1. The van der Waals surface area contributed by atoms with Gasteiger partial charge in [-0.15, -0.1) is 0 Å². The van der Waals surface area contributed by atoms with Crippen LogP contribution in [0.2, 0.25) is 0 Å². The summed E-state index contributed by atoms with van der Waals surface area (Å²) in [6.45, 7) is 7.26. The number of fused-ring (bicyclic) bond motifs is 5. The highest BCUT2D eigenvalue weighted by molar-refractivity contribution is 7.92. The number of nitrogens with one attached hydrogen (secondary N) is 9. The third kappa shape index (κ3) is 13.3. The number of rotatable bonds is 21. The summed E-state index contributed by atoms with van der Waals surface area (Å²) in [5.41, 5.74) is 2.24. The summed E-state index contributed by atoms with van der Waals surface area (Å²) < 4.78 is 42.7. The smallest absolute Gasteiger partial charge is 0.355 e. The molecule has 1 unspecified atom stereocenters. The van der Waals surface area contributed by atoms with Gasteiger partial charge >= 0.3 is 30.0 Å². The van der Waals surface area contributed by atoms with Gasteiger partial charge in [0.15, 0.2) is 5.11 Å². The van der Waals surface area contributed by atoms with Crippen LogP contribution >= 0.6 is 12.2 Å². The number of H-pyrrole nitrogens is 1. The van der Waals surface area contributed by atoms with Gasteiger partial charge in [0.25, 0.3) is 15.6 Å². The highest BCUT2D eigenvalue weighted by Crippen LogP contribution is 2.41. The van der Waals surface area contributed by atoms with Crippen LogP contribution in [0.1, 0.15) is 80.9 Å². The van der Waals surface area contributed by atoms with E-state index in [0.717, 1.165) is 16.5 Å². The van der Waals surface area contributed by atoms with E-state index in [1.807, 2.05) is 37.3 Å². The van der Waals surface area contributed by atoms with Crippen LogP contribution in [0.4, 0.5) is 32.3 Å². The number of aliphatic carboxylic acids is 1. The second-order valence-electron chi connectivity index (χ2n) is 20.3. The highest BCUT2D eigenvalue weighted by atomic mass is 32.2. The predicted molar refractivity (Wildman–Crippen MR) is 315 cm³/mol. The molecule has 0 saturated carbocycles. The summed E-state index contributed by atoms with van der Waals surface area (Å²) in [6.07, 6.45) is 3.06. The van der Waals surface area contributed by atoms with Crippen LogP contribution < -0.4 is 47.5 Å². The molecule has 4 atom stereocenters. The summed E-state index contributed by atoms with van der Waals surface area (Å²) in [7, 11) is -4.20. The lowest BCUT2D eigenvalue weighted by Gasteiger charge is -2.37. The second-order valence-corrected chi connectivity index (χ2v) is 22.4. The molecule has 2 aliphatic heterocycles. The number of carbonyl (C=O) groups excluding carboxylic acids is 5.